The van der Waals surface area contributed by atoms with Gasteiger partial charge in [-0.1, -0.05) is 6.07 Å². The molecule has 0 aliphatic heterocycles. The zero-order valence-electron chi connectivity index (χ0n) is 10.2. The molecule has 3 N–H and O–H groups in total. The molecule has 1 aromatic carbocycles. The average Bonchev–Trinajstić information content (AvgIpc) is 2.30. The summed E-state index contributed by atoms with van der Waals surface area (Å²) in [6.07, 6.45) is 0.0303. The Morgan fingerprint density at radius 2 is 2.21 bits per heavy atom. The number of nitro benzene ring substituents is 1. The van der Waals surface area contributed by atoms with Crippen molar-refractivity contribution >= 4 is 24.1 Å². The second-order valence-electron chi connectivity index (χ2n) is 3.64. The molecule has 106 valence electrons. The number of ether oxygens (including phenoxy) is 1. The van der Waals surface area contributed by atoms with E-state index in [2.05, 4.69) is 0 Å². The fraction of sp³-hybridized carbons (Fsp3) is 0.364. The van der Waals surface area contributed by atoms with Crippen LogP contribution in [0.4, 0.5) is 5.69 Å². The lowest BCUT2D eigenvalue weighted by molar-refractivity contribution is -0.385. The van der Waals surface area contributed by atoms with Crippen LogP contribution in [-0.2, 0) is 11.2 Å². The predicted molar refractivity (Wildman–Crippen MR) is 70.8 cm³/mol. The highest BCUT2D eigenvalue weighted by molar-refractivity contribution is 5.85. The van der Waals surface area contributed by atoms with Gasteiger partial charge < -0.3 is 15.6 Å². The summed E-state index contributed by atoms with van der Waals surface area (Å²) in [6, 6.07) is 3.22. The first-order valence-corrected chi connectivity index (χ1v) is 5.34. The van der Waals surface area contributed by atoms with Gasteiger partial charge in [-0.25, -0.2) is 0 Å². The van der Waals surface area contributed by atoms with Crippen molar-refractivity contribution in [1.29, 1.82) is 0 Å². The van der Waals surface area contributed by atoms with Gasteiger partial charge in [0.2, 0.25) is 0 Å². The summed E-state index contributed by atoms with van der Waals surface area (Å²) in [7, 11) is 0. The number of nitrogens with two attached hydrogens (primary N) is 1. The van der Waals surface area contributed by atoms with Gasteiger partial charge in [-0.15, -0.1) is 12.4 Å². The van der Waals surface area contributed by atoms with Gasteiger partial charge in [-0.05, 0) is 25.0 Å². The van der Waals surface area contributed by atoms with Crippen LogP contribution in [0.2, 0.25) is 0 Å². The number of rotatable bonds is 6. The monoisotopic (exact) mass is 290 g/mol. The maximum atomic E-state index is 10.8. The molecule has 0 amide bonds. The Bertz CT molecular complexity index is 466. The topological polar surface area (TPSA) is 116 Å². The van der Waals surface area contributed by atoms with E-state index in [0.29, 0.717) is 12.2 Å². The smallest absolute Gasteiger partial charge is 0.320 e. The third-order valence-electron chi connectivity index (χ3n) is 2.29. The SMILES string of the molecule is CCOc1ccc(C[C@H](N)C(=O)O)cc1[N+](=O)[O-].Cl. The molecule has 19 heavy (non-hydrogen) atoms. The van der Waals surface area contributed by atoms with Crippen LogP contribution >= 0.6 is 12.4 Å². The molecule has 1 rings (SSSR count). The third-order valence-corrected chi connectivity index (χ3v) is 2.29. The molecule has 8 heteroatoms. The molecule has 0 fully saturated rings. The zero-order chi connectivity index (χ0) is 13.7. The molecule has 0 saturated carbocycles. The minimum atomic E-state index is -1.15. The number of aliphatic carboxylic acids is 1. The summed E-state index contributed by atoms with van der Waals surface area (Å²) in [5.41, 5.74) is 5.67. The Morgan fingerprint density at radius 1 is 1.58 bits per heavy atom. The highest BCUT2D eigenvalue weighted by Gasteiger charge is 2.18. The largest absolute Gasteiger partial charge is 0.487 e. The summed E-state index contributed by atoms with van der Waals surface area (Å²) >= 11 is 0. The molecule has 0 radical (unpaired) electrons. The normalized spacial score (nSPS) is 11.3. The summed E-state index contributed by atoms with van der Waals surface area (Å²) < 4.78 is 5.12. The number of carbonyl (C=O) groups is 1. The number of hydrogen-bond acceptors (Lipinski definition) is 5. The number of nitro groups is 1. The second kappa shape index (κ2) is 7.55. The standard InChI is InChI=1S/C11H14N2O5.ClH/c1-2-18-10-4-3-7(5-8(12)11(14)15)6-9(10)13(16)17;/h3-4,6,8H,2,5,12H2,1H3,(H,14,15);1H/t8-;/m0./s1. The fourth-order valence-corrected chi connectivity index (χ4v) is 1.45. The van der Waals surface area contributed by atoms with Gasteiger partial charge in [0.1, 0.15) is 6.04 Å². The Labute approximate surface area is 115 Å². The predicted octanol–water partition coefficient (Wildman–Crippen LogP) is 1.37. The van der Waals surface area contributed by atoms with E-state index >= 15 is 0 Å². The number of nitrogens with zero attached hydrogens (tertiary/aromatic N) is 1. The minimum absolute atomic E-state index is 0. The average molecular weight is 291 g/mol. The van der Waals surface area contributed by atoms with Crippen LogP contribution in [0.1, 0.15) is 12.5 Å². The molecule has 0 bridgehead atoms. The van der Waals surface area contributed by atoms with Gasteiger partial charge in [0.05, 0.1) is 11.5 Å². The molecular weight excluding hydrogens is 276 g/mol. The second-order valence-corrected chi connectivity index (χ2v) is 3.64. The molecule has 0 saturated heterocycles. The first-order chi connectivity index (χ1) is 8.45. The summed E-state index contributed by atoms with van der Waals surface area (Å²) in [5, 5.41) is 19.5. The van der Waals surface area contributed by atoms with Crippen LogP contribution in [0.25, 0.3) is 0 Å². The van der Waals surface area contributed by atoms with Crippen LogP contribution in [0.15, 0.2) is 18.2 Å². The lowest BCUT2D eigenvalue weighted by Gasteiger charge is -2.08. The van der Waals surface area contributed by atoms with E-state index in [1.54, 1.807) is 13.0 Å². The van der Waals surface area contributed by atoms with Crippen molar-refractivity contribution in [1.82, 2.24) is 0 Å². The van der Waals surface area contributed by atoms with Crippen LogP contribution < -0.4 is 10.5 Å². The van der Waals surface area contributed by atoms with Gasteiger partial charge in [0, 0.05) is 6.07 Å². The van der Waals surface area contributed by atoms with E-state index in [9.17, 15) is 14.9 Å². The molecule has 0 aliphatic rings. The Hall–Kier alpha value is -1.86. The molecular formula is C11H15ClN2O5. The van der Waals surface area contributed by atoms with Crippen LogP contribution in [0, 0.1) is 10.1 Å². The van der Waals surface area contributed by atoms with Crippen molar-refractivity contribution in [3.63, 3.8) is 0 Å². The van der Waals surface area contributed by atoms with E-state index in [4.69, 9.17) is 15.6 Å². The highest BCUT2D eigenvalue weighted by atomic mass is 35.5. The van der Waals surface area contributed by atoms with Gasteiger partial charge in [-0.3, -0.25) is 14.9 Å². The van der Waals surface area contributed by atoms with E-state index in [1.807, 2.05) is 0 Å². The Morgan fingerprint density at radius 3 is 2.68 bits per heavy atom. The lowest BCUT2D eigenvalue weighted by Crippen LogP contribution is -2.32. The van der Waals surface area contributed by atoms with Gasteiger partial charge in [0.15, 0.2) is 5.75 Å². The van der Waals surface area contributed by atoms with Crippen LogP contribution in [0.3, 0.4) is 0 Å². The Balaban J connectivity index is 0.00000324. The molecule has 0 aromatic heterocycles. The van der Waals surface area contributed by atoms with Gasteiger partial charge in [0.25, 0.3) is 0 Å². The minimum Gasteiger partial charge on any atom is -0.487 e. The van der Waals surface area contributed by atoms with E-state index < -0.39 is 16.9 Å². The lowest BCUT2D eigenvalue weighted by atomic mass is 10.1. The van der Waals surface area contributed by atoms with Crippen molar-refractivity contribution in [3.8, 4) is 5.75 Å². The maximum absolute atomic E-state index is 10.8. The Kier molecular flexibility index (Phi) is 6.81. The molecule has 0 spiro atoms. The summed E-state index contributed by atoms with van der Waals surface area (Å²) in [5.74, 6) is -0.985. The molecule has 0 aliphatic carbocycles. The molecule has 7 nitrogen and oxygen atoms in total. The number of carboxylic acid groups (broad SMARTS) is 1. The molecule has 0 heterocycles. The van der Waals surface area contributed by atoms with Crippen molar-refractivity contribution in [2.45, 2.75) is 19.4 Å². The van der Waals surface area contributed by atoms with Crippen molar-refractivity contribution in [2.24, 2.45) is 5.73 Å². The van der Waals surface area contributed by atoms with Gasteiger partial charge >= 0.3 is 11.7 Å². The van der Waals surface area contributed by atoms with E-state index in [-0.39, 0.29) is 30.3 Å². The number of halogens is 1. The molecule has 0 unspecified atom stereocenters. The summed E-state index contributed by atoms with van der Waals surface area (Å²) in [4.78, 5) is 20.9. The number of benzene rings is 1. The highest BCUT2D eigenvalue weighted by Crippen LogP contribution is 2.28. The van der Waals surface area contributed by atoms with Crippen molar-refractivity contribution < 1.29 is 19.6 Å². The third kappa shape index (κ3) is 4.72. The number of hydrogen-bond donors (Lipinski definition) is 2. The zero-order valence-corrected chi connectivity index (χ0v) is 11.1. The first kappa shape index (κ1) is 17.1. The maximum Gasteiger partial charge on any atom is 0.320 e. The van der Waals surface area contributed by atoms with Gasteiger partial charge in [-0.2, -0.15) is 0 Å². The number of carboxylic acids is 1. The van der Waals surface area contributed by atoms with Crippen molar-refractivity contribution in [3.05, 3.63) is 33.9 Å². The van der Waals surface area contributed by atoms with Crippen molar-refractivity contribution in [2.75, 3.05) is 6.61 Å². The molecule has 1 aromatic rings. The molecule has 1 atom stereocenters. The summed E-state index contributed by atoms with van der Waals surface area (Å²) in [6.45, 7) is 2.03. The fourth-order valence-electron chi connectivity index (χ4n) is 1.45. The first-order valence-electron chi connectivity index (χ1n) is 5.34. The quantitative estimate of drug-likeness (QED) is 0.604. The van der Waals surface area contributed by atoms with Crippen LogP contribution in [0.5, 0.6) is 5.75 Å². The van der Waals surface area contributed by atoms with E-state index in [1.165, 1.54) is 12.1 Å². The van der Waals surface area contributed by atoms with E-state index in [0.717, 1.165) is 0 Å². The van der Waals surface area contributed by atoms with Crippen LogP contribution in [-0.4, -0.2) is 28.6 Å².